The fourth-order valence-electron chi connectivity index (χ4n) is 14.7. The Bertz CT molecular complexity index is 3080. The van der Waals surface area contributed by atoms with Gasteiger partial charge in [0.2, 0.25) is 29.5 Å². The second-order valence-electron chi connectivity index (χ2n) is 28.9. The first-order valence-electron chi connectivity index (χ1n) is 36.5. The number of aliphatic hydroxyl groups excluding tert-OH is 23. The second kappa shape index (κ2) is 40.9. The molecule has 0 radical (unpaired) electrons. The predicted molar refractivity (Wildman–Crippen MR) is 354 cm³/mol. The lowest BCUT2D eigenvalue weighted by molar-refractivity contribution is -0.400. The van der Waals surface area contributed by atoms with Gasteiger partial charge in [0.1, 0.15) is 213 Å². The summed E-state index contributed by atoms with van der Waals surface area (Å²) < 4.78 is 102. The van der Waals surface area contributed by atoms with Crippen molar-refractivity contribution >= 4 is 29.5 Å². The van der Waals surface area contributed by atoms with Crippen molar-refractivity contribution in [1.82, 2.24) is 26.6 Å². The van der Waals surface area contributed by atoms with E-state index in [9.17, 15) is 141 Å². The van der Waals surface area contributed by atoms with Crippen LogP contribution in [0.4, 0.5) is 0 Å². The molecule has 45 atom stereocenters. The number of hydrogen-bond donors (Lipinski definition) is 28. The van der Waals surface area contributed by atoms with Crippen LogP contribution in [0.25, 0.3) is 0 Å². The zero-order valence-electron chi connectivity index (χ0n) is 61.9. The quantitative estimate of drug-likeness (QED) is 0.0331. The van der Waals surface area contributed by atoms with Crippen molar-refractivity contribution in [3.8, 4) is 0 Å². The van der Waals surface area contributed by atoms with Gasteiger partial charge in [0, 0.05) is 34.6 Å². The summed E-state index contributed by atoms with van der Waals surface area (Å²) in [5.41, 5.74) is 0. The first-order valence-corrected chi connectivity index (χ1v) is 36.5. The zero-order chi connectivity index (χ0) is 84.1. The molecule has 9 rings (SSSR count). The molecule has 50 heteroatoms. The highest BCUT2D eigenvalue weighted by molar-refractivity contribution is 5.75. The minimum atomic E-state index is -2.60. The van der Waals surface area contributed by atoms with Crippen molar-refractivity contribution in [2.45, 2.75) is 318 Å². The first-order chi connectivity index (χ1) is 53.8. The Hall–Kier alpha value is -4.25. The van der Waals surface area contributed by atoms with Crippen LogP contribution in [-0.4, -0.2) is 476 Å². The Morgan fingerprint density at radius 3 is 1.00 bits per heavy atom. The number of amides is 5. The third-order valence-electron chi connectivity index (χ3n) is 20.7. The summed E-state index contributed by atoms with van der Waals surface area (Å²) in [6.45, 7) is -2.53. The van der Waals surface area contributed by atoms with Gasteiger partial charge in [-0.15, -0.1) is 0 Å². The molecule has 0 spiro atoms. The van der Waals surface area contributed by atoms with Crippen molar-refractivity contribution < 1.29 is 222 Å². The first kappa shape index (κ1) is 93.6. The lowest BCUT2D eigenvalue weighted by Crippen LogP contribution is -2.71. The van der Waals surface area contributed by atoms with Gasteiger partial charge in [0.05, 0.1) is 59.0 Å². The summed E-state index contributed by atoms with van der Waals surface area (Å²) in [6, 6.07) is -9.15. The predicted octanol–water partition coefficient (Wildman–Crippen LogP) is -18.9. The maximum atomic E-state index is 13.2. The molecule has 28 N–H and O–H groups in total. The highest BCUT2D eigenvalue weighted by Gasteiger charge is 2.61. The molecule has 0 bridgehead atoms. The molecule has 0 aliphatic carbocycles. The monoisotopic (exact) mass is 1670 g/mol. The molecular weight excluding hydrogens is 1560 g/mol. The number of nitrogens with one attached hydrogen (secondary N) is 5. The molecule has 9 aliphatic heterocycles. The molecule has 658 valence electrons. The van der Waals surface area contributed by atoms with Gasteiger partial charge in [-0.2, -0.15) is 0 Å². The van der Waals surface area contributed by atoms with Gasteiger partial charge < -0.3 is 225 Å². The zero-order valence-corrected chi connectivity index (χ0v) is 61.9. The third-order valence-corrected chi connectivity index (χ3v) is 20.7. The molecule has 0 aromatic heterocycles. The van der Waals surface area contributed by atoms with Gasteiger partial charge in [0.15, 0.2) is 56.6 Å². The van der Waals surface area contributed by atoms with Gasteiger partial charge >= 0.3 is 0 Å². The second-order valence-corrected chi connectivity index (χ2v) is 28.9. The third kappa shape index (κ3) is 21.0. The van der Waals surface area contributed by atoms with E-state index in [4.69, 9.17) is 80.5 Å². The molecule has 9 aliphatic rings. The highest BCUT2D eigenvalue weighted by Crippen LogP contribution is 2.40. The fourth-order valence-corrected chi connectivity index (χ4v) is 14.7. The molecule has 0 aromatic carbocycles. The van der Waals surface area contributed by atoms with E-state index < -0.39 is 358 Å². The number of aliphatic hydroxyl groups is 23. The summed E-state index contributed by atoms with van der Waals surface area (Å²) in [5, 5.41) is 270. The van der Waals surface area contributed by atoms with Crippen LogP contribution in [0.2, 0.25) is 0 Å². The Kier molecular flexibility index (Phi) is 33.6. The maximum absolute atomic E-state index is 13.2. The number of rotatable bonds is 29. The van der Waals surface area contributed by atoms with E-state index in [1.165, 1.54) is 6.92 Å². The number of carbonyl (C=O) groups is 5. The van der Waals surface area contributed by atoms with Crippen molar-refractivity contribution in [1.29, 1.82) is 0 Å². The average Bonchev–Trinajstić information content (AvgIpc) is 0.770. The molecule has 5 amide bonds. The van der Waals surface area contributed by atoms with Crippen molar-refractivity contribution in [3.05, 3.63) is 0 Å². The van der Waals surface area contributed by atoms with E-state index in [1.807, 2.05) is 0 Å². The molecule has 0 aromatic rings. The van der Waals surface area contributed by atoms with Gasteiger partial charge in [0.25, 0.3) is 0 Å². The van der Waals surface area contributed by atoms with Gasteiger partial charge in [-0.1, -0.05) is 0 Å². The Morgan fingerprint density at radius 1 is 0.246 bits per heavy atom. The SMILES string of the molecule is CC(=O)N[C@@H]1[C@@H](O)[C@H](O[C@@H]2O[C@H](CO)[C@@H](O[C@@H]3O[C@H](CO[C@H]4O[C@H](CO)[C@@H](O)[C@H](O)[C@@H]4O[C@@H]4O[C@H](CO)[C@@H](O)[C@H](O)[C@H]4NC(C)=O)[C@@H](O)[C@H](O[C@H]4O[C@H](CO)[C@@H](O[C@@H]5O[C@H](CO)[C@@H](O)[C@H](O)[C@H]5NC(C)=O)[C@H](O[C@@H]5O[C@H](CO)[C@@H](O)[C@H](O)[C@H]5NC(C)=O)[C@@H]4O)[C@@H]3O)[C@H](O)[C@H]2NC(C)=O)[C@@H](CO[C@@H]2O[C@@H](C)[C@@H](O)[C@@H](O)[C@@H]2O)O[C@H]1O. The molecule has 9 saturated heterocycles. The summed E-state index contributed by atoms with van der Waals surface area (Å²) >= 11 is 0. The van der Waals surface area contributed by atoms with E-state index >= 15 is 0 Å². The normalized spacial score (nSPS) is 48.2. The number of carbonyl (C=O) groups excluding carboxylic acids is 5. The van der Waals surface area contributed by atoms with Crippen molar-refractivity contribution in [2.24, 2.45) is 0 Å². The van der Waals surface area contributed by atoms with E-state index in [2.05, 4.69) is 26.6 Å². The van der Waals surface area contributed by atoms with Crippen LogP contribution in [0, 0.1) is 0 Å². The minimum Gasteiger partial charge on any atom is -0.394 e. The van der Waals surface area contributed by atoms with Crippen LogP contribution in [0.3, 0.4) is 0 Å². The molecule has 114 heavy (non-hydrogen) atoms. The minimum absolute atomic E-state index is 0.833. The summed E-state index contributed by atoms with van der Waals surface area (Å²) in [6.07, 6.45) is -82.0. The number of ether oxygens (including phenoxy) is 17. The molecular formula is C64H107N5O45. The average molecular weight is 1670 g/mol. The lowest BCUT2D eigenvalue weighted by atomic mass is 9.93. The Morgan fingerprint density at radius 2 is 0.553 bits per heavy atom. The standard InChI is InChI=1S/C64H107N5O45/c1-15-34(81)45(92)47(94)61(100-15)98-14-28-51(43(90)29(56(97)101-28)65-16(2)76)109-60-33(69-20(6)80)44(91)50(25(11-74)106-60)110-62-48(95)53(39(86)27(108-62)13-99-64-55(46(93)38(85)24(10-73)105-64)114-59-32(68-19(5)79)42(89)37(84)23(9-72)104-59)112-63-49(96)54(113-58-31(67-18(4)78)41(88)36(83)22(8-71)103-58)52(26(12-75)107-63)111-57-30(66-17(3)77)40(87)35(82)21(7-70)102-57/h15,21-64,70-75,81-97H,7-14H2,1-6H3,(H,65,76)(H,66,77)(H,67,78)(H,68,79)(H,69,80)/t15-,21+,22+,23+,24+,25+,26+,27+,28+,29+,30+,31+,32+,33+,34+,35+,36+,37+,38+,39+,40+,41+,42+,43+,44+,45+,46-,47-,48-,49-,50+,51+,52+,53-,54+,55-,56+,57-,58-,59-,60-,61+,62-,63+,64-/m0/s1. The van der Waals surface area contributed by atoms with E-state index in [0.29, 0.717) is 0 Å². The van der Waals surface area contributed by atoms with Crippen LogP contribution in [0.5, 0.6) is 0 Å². The summed E-state index contributed by atoms with van der Waals surface area (Å²) in [7, 11) is 0. The fraction of sp³-hybridized carbons (Fsp3) is 0.922. The maximum Gasteiger partial charge on any atom is 0.217 e. The largest absolute Gasteiger partial charge is 0.394 e. The van der Waals surface area contributed by atoms with Gasteiger partial charge in [-0.25, -0.2) is 0 Å². The van der Waals surface area contributed by atoms with Crippen LogP contribution >= 0.6 is 0 Å². The lowest BCUT2D eigenvalue weighted by Gasteiger charge is -2.51. The Labute approximate surface area is 646 Å². The van der Waals surface area contributed by atoms with Crippen molar-refractivity contribution in [2.75, 3.05) is 52.9 Å². The van der Waals surface area contributed by atoms with Crippen molar-refractivity contribution in [3.63, 3.8) is 0 Å². The summed E-state index contributed by atoms with van der Waals surface area (Å²) in [4.78, 5) is 63.5. The van der Waals surface area contributed by atoms with Gasteiger partial charge in [-0.05, 0) is 6.92 Å². The van der Waals surface area contributed by atoms with Crippen LogP contribution < -0.4 is 26.6 Å². The Balaban J connectivity index is 1.09. The molecule has 0 saturated carbocycles. The van der Waals surface area contributed by atoms with E-state index in [0.717, 1.165) is 34.6 Å². The van der Waals surface area contributed by atoms with Gasteiger partial charge in [-0.3, -0.25) is 24.0 Å². The smallest absolute Gasteiger partial charge is 0.217 e. The van der Waals surface area contributed by atoms with E-state index in [-0.39, 0.29) is 0 Å². The highest BCUT2D eigenvalue weighted by atomic mass is 16.8. The topological polar surface area (TPSA) is 768 Å². The summed E-state index contributed by atoms with van der Waals surface area (Å²) in [5.74, 6) is -4.44. The van der Waals surface area contributed by atoms with Crippen LogP contribution in [0.1, 0.15) is 41.5 Å². The number of hydrogen-bond acceptors (Lipinski definition) is 45. The van der Waals surface area contributed by atoms with Crippen LogP contribution in [0.15, 0.2) is 0 Å². The molecule has 9 fully saturated rings. The molecule has 0 unspecified atom stereocenters. The molecule has 50 nitrogen and oxygen atoms in total. The molecule has 9 heterocycles. The van der Waals surface area contributed by atoms with Crippen LogP contribution in [-0.2, 0) is 104 Å². The van der Waals surface area contributed by atoms with E-state index in [1.54, 1.807) is 0 Å².